The van der Waals surface area contributed by atoms with Crippen LogP contribution in [0.4, 0.5) is 0 Å². The summed E-state index contributed by atoms with van der Waals surface area (Å²) in [6.45, 7) is 8.32. The molecule has 0 atom stereocenters. The van der Waals surface area contributed by atoms with E-state index in [0.29, 0.717) is 5.92 Å². The minimum Gasteiger partial charge on any atom is -0.295 e. The zero-order valence-corrected chi connectivity index (χ0v) is 25.3. The van der Waals surface area contributed by atoms with Crippen molar-refractivity contribution in [3.8, 4) is 0 Å². The van der Waals surface area contributed by atoms with Gasteiger partial charge in [0.2, 0.25) is 0 Å². The number of hydrogen-bond donors (Lipinski definition) is 0. The molecule has 2 aromatic carbocycles. The molecule has 0 bridgehead atoms. The monoisotopic (exact) mass is 541 g/mol. The fraction of sp³-hybridized carbons (Fsp3) is 0.385. The molecule has 6 rings (SSSR count). The van der Waals surface area contributed by atoms with Crippen LogP contribution in [0.25, 0.3) is 23.3 Å². The Morgan fingerprint density at radius 2 is 1.66 bits per heavy atom. The molecule has 41 heavy (non-hydrogen) atoms. The molecule has 0 saturated heterocycles. The Bertz CT molecular complexity index is 1580. The summed E-state index contributed by atoms with van der Waals surface area (Å²) in [7, 11) is 0. The minimum atomic E-state index is 0.153. The van der Waals surface area contributed by atoms with Gasteiger partial charge in [0.05, 0.1) is 0 Å². The molecule has 0 radical (unpaired) electrons. The maximum atomic E-state index is 12.3. The van der Waals surface area contributed by atoms with Crippen LogP contribution in [-0.2, 0) is 12.8 Å². The predicted octanol–water partition coefficient (Wildman–Crippen LogP) is 10.4. The Balaban J connectivity index is 1.52. The van der Waals surface area contributed by atoms with Crippen molar-refractivity contribution in [2.45, 2.75) is 91.9 Å². The Morgan fingerprint density at radius 3 is 2.41 bits per heavy atom. The highest BCUT2D eigenvalue weighted by Crippen LogP contribution is 2.44. The number of aryl methyl sites for hydroxylation is 1. The van der Waals surface area contributed by atoms with E-state index in [2.05, 4.69) is 81.5 Å². The van der Waals surface area contributed by atoms with Crippen LogP contribution in [-0.4, -0.2) is 11.5 Å². The lowest BCUT2D eigenvalue weighted by atomic mass is 9.75. The van der Waals surface area contributed by atoms with Gasteiger partial charge in [-0.05, 0) is 134 Å². The Morgan fingerprint density at radius 1 is 0.854 bits per heavy atom. The van der Waals surface area contributed by atoms with Crippen molar-refractivity contribution < 1.29 is 4.79 Å². The number of allylic oxidation sites excluding steroid dienone is 8. The van der Waals surface area contributed by atoms with E-state index in [9.17, 15) is 4.79 Å². The van der Waals surface area contributed by atoms with Crippen LogP contribution in [0.2, 0.25) is 0 Å². The van der Waals surface area contributed by atoms with E-state index in [1.54, 1.807) is 6.92 Å². The highest BCUT2D eigenvalue weighted by atomic mass is 16.1. The number of ketones is 1. The topological polar surface area (TPSA) is 29.4 Å². The van der Waals surface area contributed by atoms with Crippen LogP contribution in [0.15, 0.2) is 70.4 Å². The lowest BCUT2D eigenvalue weighted by molar-refractivity contribution is 0.101. The molecule has 0 aromatic heterocycles. The van der Waals surface area contributed by atoms with Gasteiger partial charge in [-0.15, -0.1) is 0 Å². The van der Waals surface area contributed by atoms with E-state index >= 15 is 0 Å². The number of benzene rings is 2. The molecule has 2 nitrogen and oxygen atoms in total. The lowest BCUT2D eigenvalue weighted by Gasteiger charge is -2.29. The van der Waals surface area contributed by atoms with Crippen LogP contribution in [0.1, 0.15) is 123 Å². The number of nitrogens with zero attached hydrogens (tertiary/aromatic N) is 1. The molecule has 3 aliphatic carbocycles. The van der Waals surface area contributed by atoms with Gasteiger partial charge < -0.3 is 0 Å². The largest absolute Gasteiger partial charge is 0.295 e. The van der Waals surface area contributed by atoms with Crippen LogP contribution in [0, 0.1) is 5.92 Å². The molecule has 0 N–H and O–H groups in total. The molecular weight excluding hydrogens is 498 g/mol. The average molecular weight is 542 g/mol. The average Bonchev–Trinajstić information content (AvgIpc) is 3.16. The molecule has 1 heterocycles. The zero-order chi connectivity index (χ0) is 28.5. The third-order valence-electron chi connectivity index (χ3n) is 9.65. The Kier molecular flexibility index (Phi) is 7.93. The van der Waals surface area contributed by atoms with Gasteiger partial charge >= 0.3 is 0 Å². The first-order chi connectivity index (χ1) is 19.9. The van der Waals surface area contributed by atoms with Gasteiger partial charge in [0.1, 0.15) is 0 Å². The summed E-state index contributed by atoms with van der Waals surface area (Å²) < 4.78 is 0. The van der Waals surface area contributed by atoms with E-state index < -0.39 is 0 Å². The molecule has 0 spiro atoms. The standard InChI is InChI=1S/C39H43NO/c1-25-23-38(27(3)40-25)30-16-15-29-17-20-34-26(2)39(31-11-7-5-8-12-31)36-22-19-32(28(4)41)24-33(36)13-9-6-10-14-37(34)35(29)21-18-30/h10,14,16-22,24,31H,5-9,11-13,15,23H2,1-4H3/b14-10-,39-26+. The second kappa shape index (κ2) is 11.8. The number of rotatable bonds is 3. The number of carbonyl (C=O) groups excluding carboxylic acids is 1. The third kappa shape index (κ3) is 5.54. The van der Waals surface area contributed by atoms with Gasteiger partial charge in [0.25, 0.3) is 0 Å². The van der Waals surface area contributed by atoms with Crippen LogP contribution in [0.3, 0.4) is 0 Å². The second-order valence-corrected chi connectivity index (χ2v) is 12.5. The predicted molar refractivity (Wildman–Crippen MR) is 175 cm³/mol. The van der Waals surface area contributed by atoms with E-state index in [4.69, 9.17) is 4.99 Å². The first kappa shape index (κ1) is 27.6. The second-order valence-electron chi connectivity index (χ2n) is 12.5. The molecule has 4 aliphatic rings. The maximum absolute atomic E-state index is 12.3. The molecular formula is C39H43NO. The van der Waals surface area contributed by atoms with Crippen molar-refractivity contribution >= 4 is 34.8 Å². The molecule has 2 heteroatoms. The number of fused-ring (bicyclic) bond motifs is 4. The molecule has 1 fully saturated rings. The van der Waals surface area contributed by atoms with Crippen LogP contribution in [0.5, 0.6) is 0 Å². The molecule has 0 unspecified atom stereocenters. The van der Waals surface area contributed by atoms with Crippen molar-refractivity contribution in [2.24, 2.45) is 10.9 Å². The summed E-state index contributed by atoms with van der Waals surface area (Å²) in [6.07, 6.45) is 23.3. The summed E-state index contributed by atoms with van der Waals surface area (Å²) in [5.74, 6) is 0.714. The van der Waals surface area contributed by atoms with E-state index in [-0.39, 0.29) is 5.78 Å². The van der Waals surface area contributed by atoms with Gasteiger partial charge in [-0.2, -0.15) is 0 Å². The third-order valence-corrected chi connectivity index (χ3v) is 9.65. The SMILES string of the molecule is CC(=O)c1ccc2c(c1)CCC/C=C\c1c(ccc3c1C=CC(C1=C(C)N=C(C)C1)=CC3)/C(C)=C/2C1CCCCC1. The number of hydrogen-bond acceptors (Lipinski definition) is 2. The van der Waals surface area contributed by atoms with Crippen molar-refractivity contribution in [1.82, 2.24) is 0 Å². The molecule has 0 amide bonds. The summed E-state index contributed by atoms with van der Waals surface area (Å²) in [5.41, 5.74) is 17.0. The van der Waals surface area contributed by atoms with Gasteiger partial charge in [0.15, 0.2) is 5.78 Å². The van der Waals surface area contributed by atoms with Crippen molar-refractivity contribution in [3.63, 3.8) is 0 Å². The Labute approximate surface area is 246 Å². The zero-order valence-electron chi connectivity index (χ0n) is 25.3. The molecule has 210 valence electrons. The van der Waals surface area contributed by atoms with Gasteiger partial charge in [-0.25, -0.2) is 0 Å². The molecule has 2 aromatic rings. The van der Waals surface area contributed by atoms with Gasteiger partial charge in [-0.1, -0.05) is 73.9 Å². The first-order valence-corrected chi connectivity index (χ1v) is 15.7. The Hall–Kier alpha value is -3.52. The minimum absolute atomic E-state index is 0.153. The smallest absolute Gasteiger partial charge is 0.159 e. The van der Waals surface area contributed by atoms with Crippen molar-refractivity contribution in [2.75, 3.05) is 0 Å². The maximum Gasteiger partial charge on any atom is 0.159 e. The quantitative estimate of drug-likeness (QED) is 0.355. The summed E-state index contributed by atoms with van der Waals surface area (Å²) in [4.78, 5) is 17.1. The highest BCUT2D eigenvalue weighted by Gasteiger charge is 2.26. The summed E-state index contributed by atoms with van der Waals surface area (Å²) >= 11 is 0. The van der Waals surface area contributed by atoms with Crippen LogP contribution >= 0.6 is 0 Å². The fourth-order valence-corrected chi connectivity index (χ4v) is 7.49. The lowest BCUT2D eigenvalue weighted by Crippen LogP contribution is -2.12. The van der Waals surface area contributed by atoms with E-state index in [1.807, 2.05) is 0 Å². The van der Waals surface area contributed by atoms with Crippen LogP contribution < -0.4 is 0 Å². The van der Waals surface area contributed by atoms with Gasteiger partial charge in [-0.3, -0.25) is 9.79 Å². The van der Waals surface area contributed by atoms with Crippen molar-refractivity contribution in [1.29, 1.82) is 0 Å². The van der Waals surface area contributed by atoms with E-state index in [1.165, 1.54) is 93.5 Å². The highest BCUT2D eigenvalue weighted by molar-refractivity contribution is 5.98. The van der Waals surface area contributed by atoms with Gasteiger partial charge in [0, 0.05) is 23.4 Å². The number of carbonyl (C=O) groups is 1. The summed E-state index contributed by atoms with van der Waals surface area (Å²) in [5, 5.41) is 0. The first-order valence-electron chi connectivity index (χ1n) is 15.7. The number of aliphatic imine (C=N–C) groups is 1. The van der Waals surface area contributed by atoms with Crippen molar-refractivity contribution in [3.05, 3.63) is 104 Å². The van der Waals surface area contributed by atoms with E-state index in [0.717, 1.165) is 43.4 Å². The summed E-state index contributed by atoms with van der Waals surface area (Å²) in [6, 6.07) is 11.3. The molecule has 1 saturated carbocycles. The molecule has 1 aliphatic heterocycles. The normalized spacial score (nSPS) is 22.1. The number of Topliss-reactive ketones (excluding diaryl/α,β-unsaturated/α-hetero) is 1. The fourth-order valence-electron chi connectivity index (χ4n) is 7.49.